The second-order valence-corrected chi connectivity index (χ2v) is 12.4. The maximum Gasteiger partial charge on any atom is 0.232 e. The monoisotopic (exact) mass is 615 g/mol. The van der Waals surface area contributed by atoms with Gasteiger partial charge in [-0.1, -0.05) is 41.9 Å². The predicted octanol–water partition coefficient (Wildman–Crippen LogP) is 6.69. The van der Waals surface area contributed by atoms with Crippen molar-refractivity contribution in [3.63, 3.8) is 0 Å². The number of fused-ring (bicyclic) bond motifs is 2. The number of piperidine rings is 1. The summed E-state index contributed by atoms with van der Waals surface area (Å²) in [6, 6.07) is 12.8. The van der Waals surface area contributed by atoms with Crippen molar-refractivity contribution in [1.82, 2.24) is 19.4 Å². The van der Waals surface area contributed by atoms with Crippen LogP contribution in [0.15, 0.2) is 54.7 Å². The van der Waals surface area contributed by atoms with Crippen LogP contribution in [0, 0.1) is 11.2 Å². The molecule has 0 spiro atoms. The van der Waals surface area contributed by atoms with Crippen molar-refractivity contribution in [3.05, 3.63) is 93.8 Å². The van der Waals surface area contributed by atoms with Crippen LogP contribution in [-0.2, 0) is 28.2 Å². The normalized spacial score (nSPS) is 22.0. The average Bonchev–Trinajstić information content (AvgIpc) is 3.34. The highest BCUT2D eigenvalue weighted by Crippen LogP contribution is 2.44. The molecule has 3 aliphatic rings. The number of methoxy groups -OCH3 is 1. The Kier molecular flexibility index (Phi) is 7.64. The van der Waals surface area contributed by atoms with E-state index in [2.05, 4.69) is 26.6 Å². The number of halogens is 2. The predicted molar refractivity (Wildman–Crippen MR) is 168 cm³/mol. The van der Waals surface area contributed by atoms with Gasteiger partial charge in [-0.05, 0) is 75.0 Å². The maximum absolute atomic E-state index is 15.0. The number of pyridine rings is 1. The number of likely N-dealkylation sites (tertiary alicyclic amines) is 1. The highest BCUT2D eigenvalue weighted by atomic mass is 35.5. The lowest BCUT2D eigenvalue weighted by molar-refractivity contribution is -0.0592. The third kappa shape index (κ3) is 5.38. The van der Waals surface area contributed by atoms with Crippen LogP contribution in [0.3, 0.4) is 0 Å². The molecule has 3 aliphatic heterocycles. The molecule has 0 saturated carbocycles. The second kappa shape index (κ2) is 11.6. The molecular weight excluding hydrogens is 581 g/mol. The van der Waals surface area contributed by atoms with Crippen molar-refractivity contribution in [2.75, 3.05) is 26.8 Å². The second-order valence-electron chi connectivity index (χ2n) is 12.0. The average molecular weight is 616 g/mol. The first-order valence-corrected chi connectivity index (χ1v) is 15.5. The zero-order chi connectivity index (χ0) is 30.4. The highest BCUT2D eigenvalue weighted by molar-refractivity contribution is 6.30. The van der Waals surface area contributed by atoms with E-state index in [0.29, 0.717) is 28.7 Å². The van der Waals surface area contributed by atoms with Gasteiger partial charge in [-0.15, -0.1) is 0 Å². The Morgan fingerprint density at radius 1 is 1.18 bits per heavy atom. The summed E-state index contributed by atoms with van der Waals surface area (Å²) in [5.74, 6) is 1.77. The zero-order valence-electron chi connectivity index (χ0n) is 24.9. The minimum absolute atomic E-state index is 0.0218. The molecule has 5 heterocycles. The van der Waals surface area contributed by atoms with Gasteiger partial charge in [-0.3, -0.25) is 10.3 Å². The standard InChI is InChI=1S/C34H35ClFN5O3/c1-34(26-7-6-23(35)16-27(26)36)12-8-22-4-3-5-25(32(22)44-34)21-9-13-40(14-10-21)20-31-39-28-17-29(33(37)42-2)38-18-30(28)41(31)19-24-11-15-43-24/h3-8,12,16-18,21,24,37H,9-11,13-15,19-20H2,1-2H3/t24-,34+/m0/s1. The quantitative estimate of drug-likeness (QED) is 0.184. The lowest BCUT2D eigenvalue weighted by Gasteiger charge is -2.37. The van der Waals surface area contributed by atoms with Gasteiger partial charge in [0.2, 0.25) is 5.90 Å². The van der Waals surface area contributed by atoms with Gasteiger partial charge >= 0.3 is 0 Å². The lowest BCUT2D eigenvalue weighted by Crippen LogP contribution is -2.36. The molecule has 228 valence electrons. The minimum Gasteiger partial charge on any atom is -0.480 e. The Morgan fingerprint density at radius 3 is 2.73 bits per heavy atom. The molecule has 0 bridgehead atoms. The van der Waals surface area contributed by atoms with Crippen molar-refractivity contribution in [2.45, 2.75) is 56.9 Å². The molecule has 10 heteroatoms. The summed E-state index contributed by atoms with van der Waals surface area (Å²) >= 11 is 6.03. The Morgan fingerprint density at radius 2 is 2.00 bits per heavy atom. The maximum atomic E-state index is 15.0. The van der Waals surface area contributed by atoms with Crippen LogP contribution in [0.1, 0.15) is 60.3 Å². The topological polar surface area (TPSA) is 85.5 Å². The molecule has 2 aromatic carbocycles. The van der Waals surface area contributed by atoms with Crippen LogP contribution in [0.4, 0.5) is 4.39 Å². The van der Waals surface area contributed by atoms with Gasteiger partial charge in [0.15, 0.2) is 5.60 Å². The van der Waals surface area contributed by atoms with E-state index in [4.69, 9.17) is 36.2 Å². The van der Waals surface area contributed by atoms with Gasteiger partial charge in [0.25, 0.3) is 0 Å². The van der Waals surface area contributed by atoms with Gasteiger partial charge in [0.05, 0.1) is 43.5 Å². The summed E-state index contributed by atoms with van der Waals surface area (Å²) in [6.45, 7) is 5.96. The van der Waals surface area contributed by atoms with Crippen molar-refractivity contribution in [3.8, 4) is 5.75 Å². The summed E-state index contributed by atoms with van der Waals surface area (Å²) in [5.41, 5.74) is 3.93. The third-order valence-corrected chi connectivity index (χ3v) is 9.39. The fraction of sp³-hybridized carbons (Fsp3) is 0.382. The number of aromatic nitrogens is 3. The first-order valence-electron chi connectivity index (χ1n) is 15.1. The number of para-hydroxylation sites is 1. The van der Waals surface area contributed by atoms with Crippen LogP contribution >= 0.6 is 11.6 Å². The Balaban J connectivity index is 1.09. The van der Waals surface area contributed by atoms with E-state index in [1.807, 2.05) is 31.2 Å². The van der Waals surface area contributed by atoms with Crippen LogP contribution in [-0.4, -0.2) is 58.2 Å². The molecule has 4 aromatic rings. The Labute approximate surface area is 260 Å². The molecule has 44 heavy (non-hydrogen) atoms. The van der Waals surface area contributed by atoms with E-state index in [-0.39, 0.29) is 17.8 Å². The lowest BCUT2D eigenvalue weighted by atomic mass is 9.85. The van der Waals surface area contributed by atoms with Crippen molar-refractivity contribution in [1.29, 1.82) is 5.41 Å². The number of hydrogen-bond acceptors (Lipinski definition) is 7. The van der Waals surface area contributed by atoms with Gasteiger partial charge in [0, 0.05) is 22.8 Å². The fourth-order valence-corrected chi connectivity index (χ4v) is 6.70. The number of hydrogen-bond donors (Lipinski definition) is 1. The third-order valence-electron chi connectivity index (χ3n) is 9.16. The largest absolute Gasteiger partial charge is 0.480 e. The molecule has 2 atom stereocenters. The molecular formula is C34H35ClFN5O3. The van der Waals surface area contributed by atoms with Crippen molar-refractivity contribution >= 4 is 34.6 Å². The molecule has 2 aromatic heterocycles. The fourth-order valence-electron chi connectivity index (χ4n) is 6.54. The van der Waals surface area contributed by atoms with Crippen molar-refractivity contribution in [2.24, 2.45) is 0 Å². The van der Waals surface area contributed by atoms with Gasteiger partial charge in [0.1, 0.15) is 23.1 Å². The minimum atomic E-state index is -0.932. The van der Waals surface area contributed by atoms with Crippen LogP contribution in [0.2, 0.25) is 5.02 Å². The van der Waals surface area contributed by atoms with Gasteiger partial charge in [-0.25, -0.2) is 14.4 Å². The van der Waals surface area contributed by atoms with Crippen LogP contribution in [0.25, 0.3) is 17.1 Å². The Hall–Kier alpha value is -3.79. The molecule has 0 radical (unpaired) electrons. The van der Waals surface area contributed by atoms with E-state index in [1.54, 1.807) is 18.3 Å². The Bertz CT molecular complexity index is 1760. The first kappa shape index (κ1) is 29.0. The SMILES string of the molecule is COC(=N)c1cc2nc(CN3CCC(c4cccc5c4O[C@@](C)(c4ccc(Cl)cc4F)C=C5)CC3)n(C[C@@H]3CCO3)c2cn1. The summed E-state index contributed by atoms with van der Waals surface area (Å²) in [6.07, 6.45) is 8.90. The number of benzene rings is 2. The van der Waals surface area contributed by atoms with Gasteiger partial charge in [-0.2, -0.15) is 0 Å². The molecule has 8 nitrogen and oxygen atoms in total. The van der Waals surface area contributed by atoms with Crippen LogP contribution < -0.4 is 4.74 Å². The zero-order valence-corrected chi connectivity index (χ0v) is 25.6. The molecule has 1 N–H and O–H groups in total. The number of ether oxygens (including phenoxy) is 3. The van der Waals surface area contributed by atoms with E-state index in [1.165, 1.54) is 18.7 Å². The first-order chi connectivity index (χ1) is 21.3. The van der Waals surface area contributed by atoms with E-state index < -0.39 is 5.60 Å². The summed E-state index contributed by atoms with van der Waals surface area (Å²) < 4.78 is 34.7. The summed E-state index contributed by atoms with van der Waals surface area (Å²) in [7, 11) is 1.47. The molecule has 0 amide bonds. The molecule has 0 aliphatic carbocycles. The number of rotatable bonds is 7. The number of nitrogens with one attached hydrogen (secondary N) is 1. The van der Waals surface area contributed by atoms with E-state index in [9.17, 15) is 4.39 Å². The van der Waals surface area contributed by atoms with E-state index in [0.717, 1.165) is 73.7 Å². The van der Waals surface area contributed by atoms with Crippen LogP contribution in [0.5, 0.6) is 5.75 Å². The van der Waals surface area contributed by atoms with E-state index >= 15 is 0 Å². The molecule has 7 rings (SSSR count). The smallest absolute Gasteiger partial charge is 0.232 e. The summed E-state index contributed by atoms with van der Waals surface area (Å²) in [4.78, 5) is 11.9. The molecule has 0 unspecified atom stereocenters. The van der Waals surface area contributed by atoms with Gasteiger partial charge < -0.3 is 18.8 Å². The number of imidazole rings is 1. The molecule has 2 saturated heterocycles. The van der Waals surface area contributed by atoms with Crippen molar-refractivity contribution < 1.29 is 18.6 Å². The highest BCUT2D eigenvalue weighted by Gasteiger charge is 2.35. The number of nitrogens with zero attached hydrogens (tertiary/aromatic N) is 4. The molecule has 2 fully saturated rings. The summed E-state index contributed by atoms with van der Waals surface area (Å²) in [5, 5.41) is 8.38.